The molecule has 136 valence electrons. The molecule has 0 aromatic heterocycles. The van der Waals surface area contributed by atoms with Gasteiger partial charge in [-0.3, -0.25) is 6.08 Å². The molecule has 1 heteroatoms. The van der Waals surface area contributed by atoms with Crippen LogP contribution in [0.1, 0.15) is 60.8 Å². The van der Waals surface area contributed by atoms with E-state index in [0.717, 1.165) is 12.8 Å². The Morgan fingerprint density at radius 1 is 0.926 bits per heavy atom. The Balaban J connectivity index is 0.000000145. The van der Waals surface area contributed by atoms with E-state index in [-0.39, 0.29) is 0 Å². The maximum absolute atomic E-state index is 3.38. The maximum atomic E-state index is 3.38. The standard InChI is InChI=1S/C15H13.C6H10.C5H5.Ti/c1-10-3-5-12-9-13-6-4-11(2)8-15(13)14(12)7-10;1-2-4-6-5-3-1;1-2-4-5-3-1;/h3-5,7-8H,9H2,1-2H3;1-5H2;1-3H,4H2;/q-1;;-1;+2. The normalized spacial score (nSPS) is 16.1. The molecule has 0 atom stereocenters. The predicted molar refractivity (Wildman–Crippen MR) is 113 cm³/mol. The van der Waals surface area contributed by atoms with Gasteiger partial charge in [0.05, 0.1) is 0 Å². The van der Waals surface area contributed by atoms with Gasteiger partial charge in [-0.2, -0.15) is 35.4 Å². The van der Waals surface area contributed by atoms with Gasteiger partial charge in [0.25, 0.3) is 0 Å². The molecule has 1 fully saturated rings. The fourth-order valence-corrected chi connectivity index (χ4v) is 4.18. The summed E-state index contributed by atoms with van der Waals surface area (Å²) in [4.78, 5) is 0. The van der Waals surface area contributed by atoms with Crippen molar-refractivity contribution in [1.29, 1.82) is 0 Å². The molecule has 0 amide bonds. The summed E-state index contributed by atoms with van der Waals surface area (Å²) in [6.07, 6.45) is 18.2. The van der Waals surface area contributed by atoms with Gasteiger partial charge in [0.15, 0.2) is 0 Å². The Morgan fingerprint density at radius 2 is 1.70 bits per heavy atom. The minimum atomic E-state index is 1.01. The van der Waals surface area contributed by atoms with Crippen LogP contribution in [0.25, 0.3) is 11.1 Å². The first kappa shape index (κ1) is 20.2. The number of benzene rings is 2. The third-order valence-electron chi connectivity index (χ3n) is 5.14. The first-order valence-corrected chi connectivity index (χ1v) is 10.8. The molecule has 0 aliphatic heterocycles. The number of aryl methyl sites for hydroxylation is 2. The van der Waals surface area contributed by atoms with Crippen molar-refractivity contribution in [2.75, 3.05) is 0 Å². The zero-order valence-electron chi connectivity index (χ0n) is 16.6. The van der Waals surface area contributed by atoms with E-state index in [2.05, 4.69) is 82.4 Å². The first-order chi connectivity index (χ1) is 13.1. The van der Waals surface area contributed by atoms with Crippen molar-refractivity contribution in [3.8, 4) is 11.1 Å². The molecule has 1 saturated carbocycles. The predicted octanol–water partition coefficient (Wildman–Crippen LogP) is 6.65. The first-order valence-electron chi connectivity index (χ1n) is 10.0. The van der Waals surface area contributed by atoms with Crippen LogP contribution in [0.4, 0.5) is 0 Å². The average Bonchev–Trinajstić information content (AvgIpc) is 3.35. The molecule has 3 aliphatic carbocycles. The van der Waals surface area contributed by atoms with Gasteiger partial charge in [-0.25, -0.2) is 12.2 Å². The van der Waals surface area contributed by atoms with Crippen molar-refractivity contribution < 1.29 is 20.0 Å². The summed E-state index contributed by atoms with van der Waals surface area (Å²) < 4.78 is 1.71. The van der Waals surface area contributed by atoms with E-state index in [0.29, 0.717) is 0 Å². The van der Waals surface area contributed by atoms with Gasteiger partial charge in [0.2, 0.25) is 0 Å². The van der Waals surface area contributed by atoms with Crippen LogP contribution in [0.2, 0.25) is 0 Å². The molecule has 0 radical (unpaired) electrons. The number of hydrogen-bond acceptors (Lipinski definition) is 0. The van der Waals surface area contributed by atoms with Crippen molar-refractivity contribution in [3.05, 3.63) is 83.0 Å². The van der Waals surface area contributed by atoms with Crippen LogP contribution < -0.4 is 0 Å². The van der Waals surface area contributed by atoms with Crippen LogP contribution in [0, 0.1) is 26.0 Å². The van der Waals surface area contributed by atoms with Crippen LogP contribution in [0.3, 0.4) is 0 Å². The molecule has 0 saturated heterocycles. The molecule has 0 heterocycles. The summed E-state index contributed by atoms with van der Waals surface area (Å²) in [6, 6.07) is 14.5. The topological polar surface area (TPSA) is 0 Å². The van der Waals surface area contributed by atoms with Crippen molar-refractivity contribution in [2.24, 2.45) is 0 Å². The Bertz CT molecular complexity index is 787. The van der Waals surface area contributed by atoms with E-state index in [1.807, 2.05) is 12.2 Å². The summed E-state index contributed by atoms with van der Waals surface area (Å²) in [5, 5.41) is 0. The van der Waals surface area contributed by atoms with E-state index in [1.54, 1.807) is 3.81 Å². The van der Waals surface area contributed by atoms with Crippen LogP contribution in [-0.2, 0) is 26.4 Å². The van der Waals surface area contributed by atoms with Crippen LogP contribution in [0.15, 0.2) is 48.6 Å². The van der Waals surface area contributed by atoms with Gasteiger partial charge in [0.1, 0.15) is 0 Å². The average molecular weight is 388 g/mol. The zero-order chi connectivity index (χ0) is 19.1. The van der Waals surface area contributed by atoms with Gasteiger partial charge in [-0.15, -0.1) is 12.0 Å². The van der Waals surface area contributed by atoms with Gasteiger partial charge in [-0.05, 0) is 13.3 Å². The molecular weight excluding hydrogens is 360 g/mol. The third kappa shape index (κ3) is 5.99. The molecule has 0 spiro atoms. The molecular formula is C26H28Ti. The Hall–Kier alpha value is -1.50. The Kier molecular flexibility index (Phi) is 7.62. The molecule has 2 aromatic rings. The number of hydrogen-bond donors (Lipinski definition) is 0. The van der Waals surface area contributed by atoms with E-state index in [9.17, 15) is 0 Å². The molecule has 2 aromatic carbocycles. The summed E-state index contributed by atoms with van der Waals surface area (Å²) in [6.45, 7) is 4.28. The summed E-state index contributed by atoms with van der Waals surface area (Å²) in [5.74, 6) is 0. The quantitative estimate of drug-likeness (QED) is 0.299. The van der Waals surface area contributed by atoms with Crippen molar-refractivity contribution in [2.45, 2.75) is 58.8 Å². The van der Waals surface area contributed by atoms with Crippen molar-refractivity contribution in [3.63, 3.8) is 0 Å². The third-order valence-corrected chi connectivity index (χ3v) is 5.92. The molecule has 0 unspecified atom stereocenters. The summed E-state index contributed by atoms with van der Waals surface area (Å²) in [7, 11) is 0. The van der Waals surface area contributed by atoms with Gasteiger partial charge in [-0.1, -0.05) is 41.8 Å². The van der Waals surface area contributed by atoms with Crippen LogP contribution in [-0.4, -0.2) is 3.81 Å². The summed E-state index contributed by atoms with van der Waals surface area (Å²) in [5.41, 5.74) is 8.21. The number of rotatable bonds is 0. The number of fused-ring (bicyclic) bond motifs is 3. The molecule has 0 nitrogen and oxygen atoms in total. The fraction of sp³-hybridized carbons (Fsp3) is 0.346. The number of allylic oxidation sites excluding steroid dienone is 4. The monoisotopic (exact) mass is 388 g/mol. The molecule has 5 rings (SSSR count). The van der Waals surface area contributed by atoms with Crippen LogP contribution in [0.5, 0.6) is 0 Å². The van der Waals surface area contributed by atoms with Crippen LogP contribution >= 0.6 is 0 Å². The SMILES string of the molecule is Cc1c[c-]c2c(c1)-c1cc(C)ccc1C2.[C-]1=CC=CC1.[Ti+2]=[C]1CCCCC1. The zero-order valence-corrected chi connectivity index (χ0v) is 18.1. The Labute approximate surface area is 176 Å². The van der Waals surface area contributed by atoms with E-state index < -0.39 is 0 Å². The van der Waals surface area contributed by atoms with Crippen molar-refractivity contribution >= 4 is 3.81 Å². The van der Waals surface area contributed by atoms with Crippen molar-refractivity contribution in [1.82, 2.24) is 0 Å². The van der Waals surface area contributed by atoms with Gasteiger partial charge >= 0.3 is 55.9 Å². The molecule has 27 heavy (non-hydrogen) atoms. The minimum absolute atomic E-state index is 1.01. The molecule has 0 bridgehead atoms. The van der Waals surface area contributed by atoms with Gasteiger partial charge in [0, 0.05) is 0 Å². The van der Waals surface area contributed by atoms with E-state index >= 15 is 0 Å². The summed E-state index contributed by atoms with van der Waals surface area (Å²) >= 11 is 2.28. The second-order valence-electron chi connectivity index (χ2n) is 7.57. The Morgan fingerprint density at radius 3 is 2.30 bits per heavy atom. The van der Waals surface area contributed by atoms with E-state index in [4.69, 9.17) is 0 Å². The molecule has 0 N–H and O–H groups in total. The van der Waals surface area contributed by atoms with E-state index in [1.165, 1.54) is 65.5 Å². The fourth-order valence-electron chi connectivity index (χ4n) is 3.63. The van der Waals surface area contributed by atoms with Gasteiger partial charge < -0.3 is 0 Å². The molecule has 3 aliphatic rings. The second-order valence-corrected chi connectivity index (χ2v) is 8.68. The second kappa shape index (κ2) is 10.2.